The van der Waals surface area contributed by atoms with Gasteiger partial charge in [0.25, 0.3) is 11.5 Å². The van der Waals surface area contributed by atoms with Crippen LogP contribution in [0.5, 0.6) is 0 Å². The van der Waals surface area contributed by atoms with Crippen molar-refractivity contribution in [2.75, 3.05) is 6.54 Å². The van der Waals surface area contributed by atoms with Crippen molar-refractivity contribution in [1.29, 1.82) is 0 Å². The minimum absolute atomic E-state index is 0.0474. The van der Waals surface area contributed by atoms with Crippen LogP contribution in [0, 0.1) is 6.92 Å². The number of aromatic nitrogens is 4. The van der Waals surface area contributed by atoms with Gasteiger partial charge < -0.3 is 9.88 Å². The molecule has 7 heteroatoms. The summed E-state index contributed by atoms with van der Waals surface area (Å²) in [4.78, 5) is 33.5. The van der Waals surface area contributed by atoms with Crippen molar-refractivity contribution < 1.29 is 4.79 Å². The fourth-order valence-corrected chi connectivity index (χ4v) is 3.07. The first-order valence-corrected chi connectivity index (χ1v) is 8.79. The van der Waals surface area contributed by atoms with Gasteiger partial charge in [-0.3, -0.25) is 14.0 Å². The maximum Gasteiger partial charge on any atom is 0.270 e. The summed E-state index contributed by atoms with van der Waals surface area (Å²) in [5.41, 5.74) is 3.15. The number of hydrogen-bond acceptors (Lipinski definition) is 4. The Morgan fingerprint density at radius 2 is 2.00 bits per heavy atom. The number of fused-ring (bicyclic) bond motifs is 2. The van der Waals surface area contributed by atoms with Crippen LogP contribution < -0.4 is 10.9 Å². The SMILES string of the molecule is Cc1ccc2ncc(C(=O)NCCCn3cnc4ccccc43)c(=O)n2c1. The van der Waals surface area contributed by atoms with Gasteiger partial charge >= 0.3 is 0 Å². The van der Waals surface area contributed by atoms with Crippen molar-refractivity contribution in [3.05, 3.63) is 76.6 Å². The molecular formula is C20H19N5O2. The molecule has 0 radical (unpaired) electrons. The van der Waals surface area contributed by atoms with Gasteiger partial charge in [0.2, 0.25) is 0 Å². The van der Waals surface area contributed by atoms with E-state index in [1.807, 2.05) is 37.3 Å². The molecule has 0 aliphatic carbocycles. The second-order valence-corrected chi connectivity index (χ2v) is 6.45. The van der Waals surface area contributed by atoms with E-state index >= 15 is 0 Å². The molecule has 0 spiro atoms. The van der Waals surface area contributed by atoms with E-state index in [0.717, 1.165) is 29.6 Å². The number of carbonyl (C=O) groups excluding carboxylic acids is 1. The molecule has 0 aliphatic heterocycles. The van der Waals surface area contributed by atoms with E-state index in [4.69, 9.17) is 0 Å². The molecule has 7 nitrogen and oxygen atoms in total. The second-order valence-electron chi connectivity index (χ2n) is 6.45. The van der Waals surface area contributed by atoms with Crippen molar-refractivity contribution >= 4 is 22.6 Å². The van der Waals surface area contributed by atoms with Gasteiger partial charge in [-0.25, -0.2) is 9.97 Å². The van der Waals surface area contributed by atoms with Crippen LogP contribution in [-0.4, -0.2) is 31.4 Å². The first-order valence-electron chi connectivity index (χ1n) is 8.79. The molecular weight excluding hydrogens is 342 g/mol. The molecule has 3 aromatic heterocycles. The lowest BCUT2D eigenvalue weighted by atomic mass is 10.2. The summed E-state index contributed by atoms with van der Waals surface area (Å²) in [7, 11) is 0. The number of nitrogens with one attached hydrogen (secondary N) is 1. The van der Waals surface area contributed by atoms with E-state index in [2.05, 4.69) is 19.9 Å². The number of nitrogens with zero attached hydrogens (tertiary/aromatic N) is 4. The zero-order valence-electron chi connectivity index (χ0n) is 14.9. The van der Waals surface area contributed by atoms with E-state index in [0.29, 0.717) is 12.2 Å². The van der Waals surface area contributed by atoms with E-state index < -0.39 is 5.91 Å². The molecule has 4 rings (SSSR count). The van der Waals surface area contributed by atoms with E-state index in [1.165, 1.54) is 10.6 Å². The number of benzene rings is 1. The predicted octanol–water partition coefficient (Wildman–Crippen LogP) is 2.17. The maximum absolute atomic E-state index is 12.5. The maximum atomic E-state index is 12.5. The second kappa shape index (κ2) is 7.03. The smallest absolute Gasteiger partial charge is 0.270 e. The Bertz CT molecular complexity index is 1190. The minimum Gasteiger partial charge on any atom is -0.352 e. The molecule has 0 fully saturated rings. The summed E-state index contributed by atoms with van der Waals surface area (Å²) in [6.45, 7) is 3.08. The number of carbonyl (C=O) groups is 1. The van der Waals surface area contributed by atoms with Crippen molar-refractivity contribution in [2.45, 2.75) is 19.9 Å². The Morgan fingerprint density at radius 3 is 2.89 bits per heavy atom. The number of aryl methyl sites for hydroxylation is 2. The Morgan fingerprint density at radius 1 is 1.15 bits per heavy atom. The fraction of sp³-hybridized carbons (Fsp3) is 0.200. The van der Waals surface area contributed by atoms with Crippen LogP contribution in [0.25, 0.3) is 16.7 Å². The number of imidazole rings is 1. The lowest BCUT2D eigenvalue weighted by molar-refractivity contribution is 0.0950. The molecule has 0 bridgehead atoms. The van der Waals surface area contributed by atoms with Crippen LogP contribution >= 0.6 is 0 Å². The van der Waals surface area contributed by atoms with Gasteiger partial charge in [0.15, 0.2) is 0 Å². The van der Waals surface area contributed by atoms with Crippen molar-refractivity contribution in [2.24, 2.45) is 0 Å². The average Bonchev–Trinajstić information content (AvgIpc) is 3.09. The number of pyridine rings is 1. The zero-order chi connectivity index (χ0) is 18.8. The lowest BCUT2D eigenvalue weighted by Crippen LogP contribution is -2.32. The van der Waals surface area contributed by atoms with Gasteiger partial charge in [0.05, 0.1) is 17.4 Å². The molecule has 4 aromatic rings. The standard InChI is InChI=1S/C20H19N5O2/c1-14-7-8-18-22-11-15(20(27)25(18)12-14)19(26)21-9-4-10-24-13-23-16-5-2-3-6-17(16)24/h2-3,5-8,11-13H,4,9-10H2,1H3,(H,21,26). The zero-order valence-corrected chi connectivity index (χ0v) is 14.9. The van der Waals surface area contributed by atoms with Gasteiger partial charge in [-0.05, 0) is 37.1 Å². The molecule has 0 atom stereocenters. The largest absolute Gasteiger partial charge is 0.352 e. The van der Waals surface area contributed by atoms with Crippen LogP contribution in [-0.2, 0) is 6.54 Å². The third kappa shape index (κ3) is 3.31. The highest BCUT2D eigenvalue weighted by atomic mass is 16.2. The summed E-state index contributed by atoms with van der Waals surface area (Å²) in [6, 6.07) is 11.6. The van der Waals surface area contributed by atoms with Crippen LogP contribution in [0.2, 0.25) is 0 Å². The molecule has 27 heavy (non-hydrogen) atoms. The van der Waals surface area contributed by atoms with Crippen molar-refractivity contribution in [1.82, 2.24) is 24.3 Å². The summed E-state index contributed by atoms with van der Waals surface area (Å²) >= 11 is 0. The highest BCUT2D eigenvalue weighted by Crippen LogP contribution is 2.11. The summed E-state index contributed by atoms with van der Waals surface area (Å²) in [5.74, 6) is -0.404. The van der Waals surface area contributed by atoms with Crippen LogP contribution in [0.15, 0.2) is 59.9 Å². The van der Waals surface area contributed by atoms with Crippen LogP contribution in [0.1, 0.15) is 22.3 Å². The van der Waals surface area contributed by atoms with Gasteiger partial charge in [-0.1, -0.05) is 18.2 Å². The fourth-order valence-electron chi connectivity index (χ4n) is 3.07. The molecule has 1 N–H and O–H groups in total. The van der Waals surface area contributed by atoms with Gasteiger partial charge in [-0.2, -0.15) is 0 Å². The molecule has 0 saturated heterocycles. The first-order chi connectivity index (χ1) is 13.1. The Balaban J connectivity index is 1.42. The normalized spacial score (nSPS) is 11.1. The van der Waals surface area contributed by atoms with Crippen LogP contribution in [0.3, 0.4) is 0 Å². The average molecular weight is 361 g/mol. The Hall–Kier alpha value is -3.48. The first kappa shape index (κ1) is 17.0. The number of hydrogen-bond donors (Lipinski definition) is 1. The van der Waals surface area contributed by atoms with Gasteiger partial charge in [0, 0.05) is 25.5 Å². The molecule has 1 aromatic carbocycles. The molecule has 3 heterocycles. The number of amides is 1. The monoisotopic (exact) mass is 361 g/mol. The van der Waals surface area contributed by atoms with E-state index in [1.54, 1.807) is 18.6 Å². The molecule has 0 aliphatic rings. The molecule has 1 amide bonds. The molecule has 0 saturated carbocycles. The minimum atomic E-state index is -0.404. The lowest BCUT2D eigenvalue weighted by Gasteiger charge is -2.08. The van der Waals surface area contributed by atoms with E-state index in [-0.39, 0.29) is 11.1 Å². The van der Waals surface area contributed by atoms with E-state index in [9.17, 15) is 9.59 Å². The Kier molecular flexibility index (Phi) is 4.42. The summed E-state index contributed by atoms with van der Waals surface area (Å²) in [5, 5.41) is 2.80. The molecule has 136 valence electrons. The molecule has 0 unspecified atom stereocenters. The number of rotatable bonds is 5. The van der Waals surface area contributed by atoms with Crippen molar-refractivity contribution in [3.63, 3.8) is 0 Å². The third-order valence-corrected chi connectivity index (χ3v) is 4.48. The third-order valence-electron chi connectivity index (χ3n) is 4.48. The van der Waals surface area contributed by atoms with Gasteiger partial charge in [0.1, 0.15) is 11.2 Å². The quantitative estimate of drug-likeness (QED) is 0.553. The Labute approximate surface area is 155 Å². The summed E-state index contributed by atoms with van der Waals surface area (Å²) in [6.07, 6.45) is 5.55. The summed E-state index contributed by atoms with van der Waals surface area (Å²) < 4.78 is 3.46. The highest BCUT2D eigenvalue weighted by molar-refractivity contribution is 5.93. The predicted molar refractivity (Wildman–Crippen MR) is 103 cm³/mol. The van der Waals surface area contributed by atoms with Crippen LogP contribution in [0.4, 0.5) is 0 Å². The number of para-hydroxylation sites is 2. The van der Waals surface area contributed by atoms with Gasteiger partial charge in [-0.15, -0.1) is 0 Å². The topological polar surface area (TPSA) is 81.3 Å². The van der Waals surface area contributed by atoms with Crippen molar-refractivity contribution in [3.8, 4) is 0 Å². The highest BCUT2D eigenvalue weighted by Gasteiger charge is 2.13.